The number of hydrogen-bond donors (Lipinski definition) is 1. The van der Waals surface area contributed by atoms with Crippen molar-refractivity contribution in [1.82, 2.24) is 0 Å². The molecule has 0 spiro atoms. The molecule has 0 saturated heterocycles. The van der Waals surface area contributed by atoms with Gasteiger partial charge < -0.3 is 5.32 Å². The van der Waals surface area contributed by atoms with E-state index in [-0.39, 0.29) is 0 Å². The molecule has 0 radical (unpaired) electrons. The van der Waals surface area contributed by atoms with Crippen LogP contribution in [0.4, 0.5) is 5.69 Å². The van der Waals surface area contributed by atoms with Crippen LogP contribution in [0.3, 0.4) is 0 Å². The highest BCUT2D eigenvalue weighted by molar-refractivity contribution is 7.90. The van der Waals surface area contributed by atoms with Crippen molar-refractivity contribution in [3.05, 3.63) is 24.3 Å². The summed E-state index contributed by atoms with van der Waals surface area (Å²) in [5.74, 6) is 0. The molecule has 1 aromatic carbocycles. The lowest BCUT2D eigenvalue weighted by Crippen LogP contribution is -2.22. The van der Waals surface area contributed by atoms with Crippen LogP contribution in [0.1, 0.15) is 32.1 Å². The summed E-state index contributed by atoms with van der Waals surface area (Å²) in [5, 5.41) is 3.46. The van der Waals surface area contributed by atoms with E-state index in [9.17, 15) is 8.42 Å². The van der Waals surface area contributed by atoms with E-state index in [0.717, 1.165) is 5.69 Å². The number of nitrogens with one attached hydrogen (secondary N) is 1. The van der Waals surface area contributed by atoms with Gasteiger partial charge >= 0.3 is 0 Å². The Bertz CT molecular complexity index is 459. The van der Waals surface area contributed by atoms with Gasteiger partial charge in [0.1, 0.15) is 0 Å². The van der Waals surface area contributed by atoms with Crippen molar-refractivity contribution in [3.8, 4) is 0 Å². The van der Waals surface area contributed by atoms with Gasteiger partial charge in [-0.15, -0.1) is 0 Å². The van der Waals surface area contributed by atoms with E-state index >= 15 is 0 Å². The number of hydrogen-bond acceptors (Lipinski definition) is 3. The van der Waals surface area contributed by atoms with Gasteiger partial charge in [-0.1, -0.05) is 19.3 Å². The maximum absolute atomic E-state index is 11.3. The van der Waals surface area contributed by atoms with Crippen LogP contribution in [0.15, 0.2) is 29.2 Å². The Morgan fingerprint density at radius 2 is 1.65 bits per heavy atom. The minimum Gasteiger partial charge on any atom is -0.382 e. The van der Waals surface area contributed by atoms with Crippen LogP contribution in [0.2, 0.25) is 0 Å². The second kappa shape index (κ2) is 5.08. The maximum atomic E-state index is 11.3. The third-order valence-corrected chi connectivity index (χ3v) is 4.39. The standard InChI is InChI=1S/C13H19NO2S/c1-17(15,16)13-9-7-12(8-10-13)14-11-5-3-2-4-6-11/h7-11,14H,2-6H2,1H3. The van der Waals surface area contributed by atoms with Gasteiger partial charge in [0.2, 0.25) is 0 Å². The molecule has 17 heavy (non-hydrogen) atoms. The van der Waals surface area contributed by atoms with E-state index in [1.54, 1.807) is 12.1 Å². The molecule has 0 aliphatic heterocycles. The Morgan fingerprint density at radius 1 is 1.06 bits per heavy atom. The van der Waals surface area contributed by atoms with E-state index in [4.69, 9.17) is 0 Å². The Labute approximate surface area is 103 Å². The van der Waals surface area contributed by atoms with Crippen molar-refractivity contribution in [1.29, 1.82) is 0 Å². The van der Waals surface area contributed by atoms with E-state index in [1.165, 1.54) is 38.4 Å². The topological polar surface area (TPSA) is 46.2 Å². The van der Waals surface area contributed by atoms with Crippen molar-refractivity contribution in [2.45, 2.75) is 43.0 Å². The zero-order chi connectivity index (χ0) is 12.3. The van der Waals surface area contributed by atoms with Gasteiger partial charge in [0.15, 0.2) is 9.84 Å². The number of benzene rings is 1. The smallest absolute Gasteiger partial charge is 0.175 e. The Balaban J connectivity index is 2.03. The first kappa shape index (κ1) is 12.4. The van der Waals surface area contributed by atoms with Crippen molar-refractivity contribution in [2.75, 3.05) is 11.6 Å². The molecule has 1 aliphatic rings. The first-order valence-electron chi connectivity index (χ1n) is 6.12. The van der Waals surface area contributed by atoms with Crippen molar-refractivity contribution in [2.24, 2.45) is 0 Å². The molecule has 1 saturated carbocycles. The number of anilines is 1. The summed E-state index contributed by atoms with van der Waals surface area (Å²) in [6.07, 6.45) is 7.58. The van der Waals surface area contributed by atoms with Gasteiger partial charge in [0.05, 0.1) is 4.90 Å². The van der Waals surface area contributed by atoms with Gasteiger partial charge in [-0.3, -0.25) is 0 Å². The van der Waals surface area contributed by atoms with Crippen LogP contribution in [-0.4, -0.2) is 20.7 Å². The largest absolute Gasteiger partial charge is 0.382 e. The Hall–Kier alpha value is -1.03. The second-order valence-corrected chi connectivity index (χ2v) is 6.79. The molecular weight excluding hydrogens is 234 g/mol. The molecule has 0 unspecified atom stereocenters. The second-order valence-electron chi connectivity index (χ2n) is 4.78. The molecule has 1 N–H and O–H groups in total. The van der Waals surface area contributed by atoms with E-state index in [2.05, 4.69) is 5.32 Å². The minimum absolute atomic E-state index is 0.381. The number of sulfone groups is 1. The van der Waals surface area contributed by atoms with Crippen LogP contribution in [-0.2, 0) is 9.84 Å². The van der Waals surface area contributed by atoms with Crippen LogP contribution in [0, 0.1) is 0 Å². The van der Waals surface area contributed by atoms with Crippen LogP contribution >= 0.6 is 0 Å². The lowest BCUT2D eigenvalue weighted by molar-refractivity contribution is 0.463. The zero-order valence-corrected chi connectivity index (χ0v) is 11.0. The van der Waals surface area contributed by atoms with E-state index < -0.39 is 9.84 Å². The van der Waals surface area contributed by atoms with E-state index in [0.29, 0.717) is 10.9 Å². The summed E-state index contributed by atoms with van der Waals surface area (Å²) >= 11 is 0. The fraction of sp³-hybridized carbons (Fsp3) is 0.538. The van der Waals surface area contributed by atoms with Gasteiger partial charge in [0, 0.05) is 18.0 Å². The highest BCUT2D eigenvalue weighted by Gasteiger charge is 2.13. The summed E-state index contributed by atoms with van der Waals surface area (Å²) in [6, 6.07) is 7.59. The molecule has 0 heterocycles. The summed E-state index contributed by atoms with van der Waals surface area (Å²) in [7, 11) is -3.08. The monoisotopic (exact) mass is 253 g/mol. The van der Waals surface area contributed by atoms with Crippen molar-refractivity contribution >= 4 is 15.5 Å². The average molecular weight is 253 g/mol. The first-order valence-corrected chi connectivity index (χ1v) is 8.01. The first-order chi connectivity index (χ1) is 8.05. The molecule has 0 amide bonds. The lowest BCUT2D eigenvalue weighted by atomic mass is 9.95. The lowest BCUT2D eigenvalue weighted by Gasteiger charge is -2.23. The Kier molecular flexibility index (Phi) is 3.72. The van der Waals surface area contributed by atoms with Gasteiger partial charge in [-0.05, 0) is 37.1 Å². The molecule has 4 heteroatoms. The molecule has 0 aromatic heterocycles. The van der Waals surface area contributed by atoms with Crippen molar-refractivity contribution < 1.29 is 8.42 Å². The van der Waals surface area contributed by atoms with Crippen LogP contribution in [0.25, 0.3) is 0 Å². The maximum Gasteiger partial charge on any atom is 0.175 e. The van der Waals surface area contributed by atoms with Crippen LogP contribution in [0.5, 0.6) is 0 Å². The van der Waals surface area contributed by atoms with Gasteiger partial charge in [-0.25, -0.2) is 8.42 Å². The summed E-state index contributed by atoms with van der Waals surface area (Å²) in [4.78, 5) is 0.381. The normalized spacial score (nSPS) is 17.9. The van der Waals surface area contributed by atoms with E-state index in [1.807, 2.05) is 12.1 Å². The highest BCUT2D eigenvalue weighted by Crippen LogP contribution is 2.22. The summed E-state index contributed by atoms with van der Waals surface area (Å²) in [6.45, 7) is 0. The molecule has 2 rings (SSSR count). The average Bonchev–Trinajstić information content (AvgIpc) is 2.30. The van der Waals surface area contributed by atoms with Gasteiger partial charge in [0.25, 0.3) is 0 Å². The van der Waals surface area contributed by atoms with Crippen LogP contribution < -0.4 is 5.32 Å². The zero-order valence-electron chi connectivity index (χ0n) is 10.1. The Morgan fingerprint density at radius 3 is 2.18 bits per heavy atom. The highest BCUT2D eigenvalue weighted by atomic mass is 32.2. The fourth-order valence-corrected chi connectivity index (χ4v) is 2.91. The predicted molar refractivity (Wildman–Crippen MR) is 70.0 cm³/mol. The van der Waals surface area contributed by atoms with Gasteiger partial charge in [-0.2, -0.15) is 0 Å². The van der Waals surface area contributed by atoms with Crippen molar-refractivity contribution in [3.63, 3.8) is 0 Å². The minimum atomic E-state index is -3.08. The molecule has 1 fully saturated rings. The quantitative estimate of drug-likeness (QED) is 0.901. The summed E-state index contributed by atoms with van der Waals surface area (Å²) in [5.41, 5.74) is 1.02. The molecule has 3 nitrogen and oxygen atoms in total. The predicted octanol–water partition coefficient (Wildman–Crippen LogP) is 2.83. The SMILES string of the molecule is CS(=O)(=O)c1ccc(NC2CCCCC2)cc1. The fourth-order valence-electron chi connectivity index (χ4n) is 2.28. The summed E-state index contributed by atoms with van der Waals surface area (Å²) < 4.78 is 22.6. The molecule has 1 aliphatic carbocycles. The molecular formula is C13H19NO2S. The third-order valence-electron chi connectivity index (χ3n) is 3.26. The molecule has 94 valence electrons. The molecule has 1 aromatic rings. The third kappa shape index (κ3) is 3.46. The molecule has 0 bridgehead atoms. The molecule has 0 atom stereocenters. The number of rotatable bonds is 3.